The Labute approximate surface area is 252 Å². The predicted molar refractivity (Wildman–Crippen MR) is 160 cm³/mol. The maximum atomic E-state index is 4.74. The van der Waals surface area contributed by atoms with Crippen molar-refractivity contribution in [3.63, 3.8) is 0 Å². The zero-order valence-corrected chi connectivity index (χ0v) is 26.7. The number of hydrogen-bond acceptors (Lipinski definition) is 3. The van der Waals surface area contributed by atoms with E-state index in [1.165, 1.54) is 33.5 Å². The smallest absolute Gasteiger partial charge is 0.0520 e. The topological polar surface area (TPSA) is 38.7 Å². The molecule has 40 heavy (non-hydrogen) atoms. The largest absolute Gasteiger partial charge is 0.305 e. The summed E-state index contributed by atoms with van der Waals surface area (Å²) in [5.74, 6) is 0. The summed E-state index contributed by atoms with van der Waals surface area (Å²) in [5, 5.41) is 0. The minimum Gasteiger partial charge on any atom is -0.305 e. The van der Waals surface area contributed by atoms with Crippen molar-refractivity contribution < 1.29 is 20.1 Å². The fourth-order valence-electron chi connectivity index (χ4n) is 5.77. The van der Waals surface area contributed by atoms with Crippen LogP contribution in [0.15, 0.2) is 85.3 Å². The van der Waals surface area contributed by atoms with Gasteiger partial charge >= 0.3 is 0 Å². The fourth-order valence-corrected chi connectivity index (χ4v) is 5.77. The fraction of sp³-hybridized carbons (Fsp3) is 0.250. The van der Waals surface area contributed by atoms with Crippen LogP contribution in [0, 0.1) is 32.9 Å². The third kappa shape index (κ3) is 5.57. The zero-order valence-electron chi connectivity index (χ0n) is 24.3. The molecule has 6 rings (SSSR count). The van der Waals surface area contributed by atoms with Gasteiger partial charge in [-0.3, -0.25) is 4.98 Å². The van der Waals surface area contributed by atoms with Crippen LogP contribution >= 0.6 is 0 Å². The minimum absolute atomic E-state index is 0. The second-order valence-electron chi connectivity index (χ2n) is 11.5. The van der Waals surface area contributed by atoms with E-state index in [1.54, 1.807) is 0 Å². The summed E-state index contributed by atoms with van der Waals surface area (Å²) in [4.78, 5) is 13.7. The molecule has 1 aliphatic carbocycles. The molecule has 4 heteroatoms. The second-order valence-corrected chi connectivity index (χ2v) is 11.5. The molecule has 3 nitrogen and oxygen atoms in total. The first-order chi connectivity index (χ1) is 18.6. The number of pyridine rings is 3. The number of nitrogens with zero attached hydrogens (tertiary/aromatic N) is 3. The normalized spacial score (nSPS) is 14.1. The predicted octanol–water partition coefficient (Wildman–Crippen LogP) is 8.38. The zero-order chi connectivity index (χ0) is 27.8. The quantitative estimate of drug-likeness (QED) is 0.174. The van der Waals surface area contributed by atoms with E-state index in [0.29, 0.717) is 0 Å². The van der Waals surface area contributed by atoms with E-state index in [4.69, 9.17) is 4.98 Å². The van der Waals surface area contributed by atoms with Crippen molar-refractivity contribution in [2.24, 2.45) is 0 Å². The Morgan fingerprint density at radius 3 is 2.10 bits per heavy atom. The maximum absolute atomic E-state index is 4.74. The molecule has 2 aromatic carbocycles. The summed E-state index contributed by atoms with van der Waals surface area (Å²) in [5.41, 5.74) is 12.6. The molecular formula is C36H35IrN3-2. The Kier molecular flexibility index (Phi) is 8.54. The van der Waals surface area contributed by atoms with Crippen LogP contribution in [0.2, 0.25) is 0 Å². The van der Waals surface area contributed by atoms with Gasteiger partial charge in [-0.25, -0.2) is 0 Å². The molecule has 0 atom stereocenters. The average molecular weight is 702 g/mol. The molecular weight excluding hydrogens is 667 g/mol. The molecule has 3 heterocycles. The van der Waals surface area contributed by atoms with Gasteiger partial charge in [-0.15, -0.1) is 69.8 Å². The van der Waals surface area contributed by atoms with E-state index >= 15 is 0 Å². The van der Waals surface area contributed by atoms with Gasteiger partial charge in [-0.2, -0.15) is 0 Å². The standard InChI is InChI=1S/C22H21N2.C14H14N.Ir/c1-21(2)17-11-8-14-24-20(17)22(3,4)16-10-7-9-15(19(16)21)18-12-5-6-13-23-18;1-10-4-5-15-14(9-10)13-7-11(2)6-12(3)8-13;/h5-8,10-14H,1-4H3;4-7,9H,1-3H3;/q2*-1;. The summed E-state index contributed by atoms with van der Waals surface area (Å²) in [7, 11) is 0. The van der Waals surface area contributed by atoms with Crippen molar-refractivity contribution in [1.82, 2.24) is 15.0 Å². The maximum Gasteiger partial charge on any atom is 0.0520 e. The molecule has 0 saturated carbocycles. The number of aryl methyl sites for hydroxylation is 3. The van der Waals surface area contributed by atoms with Crippen molar-refractivity contribution in [2.75, 3.05) is 0 Å². The van der Waals surface area contributed by atoms with Gasteiger partial charge in [0.15, 0.2) is 0 Å². The molecule has 0 N–H and O–H groups in total. The van der Waals surface area contributed by atoms with Gasteiger partial charge in [-0.1, -0.05) is 71.4 Å². The van der Waals surface area contributed by atoms with Gasteiger partial charge in [0.2, 0.25) is 0 Å². The van der Waals surface area contributed by atoms with E-state index in [-0.39, 0.29) is 30.9 Å². The first-order valence-electron chi connectivity index (χ1n) is 13.5. The SMILES string of the molecule is CC1(C)c2cc[c-]c(-c3ccccn3)c2C(C)(C)c2cccnc21.Cc1[c-]c(-c2cc(C)ccn2)cc(C)c1.[Ir]. The monoisotopic (exact) mass is 702 g/mol. The Balaban J connectivity index is 0.000000200. The third-order valence-electron chi connectivity index (χ3n) is 7.63. The van der Waals surface area contributed by atoms with Gasteiger partial charge in [0.25, 0.3) is 0 Å². The van der Waals surface area contributed by atoms with Gasteiger partial charge < -0.3 is 9.97 Å². The summed E-state index contributed by atoms with van der Waals surface area (Å²) >= 11 is 0. The van der Waals surface area contributed by atoms with Crippen LogP contribution in [0.25, 0.3) is 22.5 Å². The van der Waals surface area contributed by atoms with E-state index < -0.39 is 0 Å². The number of rotatable bonds is 2. The number of hydrogen-bond donors (Lipinski definition) is 0. The summed E-state index contributed by atoms with van der Waals surface area (Å²) in [6.45, 7) is 15.3. The van der Waals surface area contributed by atoms with Crippen LogP contribution in [-0.4, -0.2) is 15.0 Å². The molecule has 0 aliphatic heterocycles. The molecule has 1 aliphatic rings. The Bertz CT molecular complexity index is 1620. The molecule has 205 valence electrons. The van der Waals surface area contributed by atoms with Crippen molar-refractivity contribution in [1.29, 1.82) is 0 Å². The molecule has 0 amide bonds. The minimum atomic E-state index is -0.140. The first kappa shape index (κ1) is 29.5. The van der Waals surface area contributed by atoms with Crippen LogP contribution in [0.5, 0.6) is 0 Å². The van der Waals surface area contributed by atoms with Crippen LogP contribution in [-0.2, 0) is 30.9 Å². The summed E-state index contributed by atoms with van der Waals surface area (Å²) in [6, 6.07) is 29.6. The number of aromatic nitrogens is 3. The van der Waals surface area contributed by atoms with Crippen molar-refractivity contribution >= 4 is 0 Å². The van der Waals surface area contributed by atoms with E-state index in [0.717, 1.165) is 28.1 Å². The number of fused-ring (bicyclic) bond motifs is 2. The summed E-state index contributed by atoms with van der Waals surface area (Å²) < 4.78 is 0. The second kappa shape index (κ2) is 11.6. The molecule has 0 unspecified atom stereocenters. The van der Waals surface area contributed by atoms with Crippen LogP contribution in [0.1, 0.15) is 66.8 Å². The van der Waals surface area contributed by atoms with Crippen molar-refractivity contribution in [3.05, 3.63) is 137 Å². The molecule has 0 fully saturated rings. The van der Waals surface area contributed by atoms with Crippen molar-refractivity contribution in [2.45, 2.75) is 59.3 Å². The van der Waals surface area contributed by atoms with E-state index in [9.17, 15) is 0 Å². The van der Waals surface area contributed by atoms with Crippen LogP contribution in [0.4, 0.5) is 0 Å². The molecule has 3 aromatic heterocycles. The van der Waals surface area contributed by atoms with E-state index in [1.807, 2.05) is 48.9 Å². The van der Waals surface area contributed by atoms with Crippen molar-refractivity contribution in [3.8, 4) is 22.5 Å². The molecule has 0 saturated heterocycles. The average Bonchev–Trinajstić information content (AvgIpc) is 2.92. The summed E-state index contributed by atoms with van der Waals surface area (Å²) in [6.07, 6.45) is 5.59. The third-order valence-corrected chi connectivity index (χ3v) is 7.63. The van der Waals surface area contributed by atoms with Gasteiger partial charge in [0.05, 0.1) is 5.69 Å². The number of benzene rings is 2. The van der Waals surface area contributed by atoms with E-state index in [2.05, 4.69) is 107 Å². The van der Waals surface area contributed by atoms with Gasteiger partial charge in [-0.05, 0) is 47.5 Å². The molecule has 0 spiro atoms. The Hall–Kier alpha value is -3.46. The molecule has 5 aromatic rings. The first-order valence-corrected chi connectivity index (χ1v) is 13.5. The van der Waals surface area contributed by atoms with Crippen LogP contribution < -0.4 is 0 Å². The van der Waals surface area contributed by atoms with Gasteiger partial charge in [0, 0.05) is 44.1 Å². The van der Waals surface area contributed by atoms with Crippen LogP contribution in [0.3, 0.4) is 0 Å². The molecule has 0 bridgehead atoms. The Morgan fingerprint density at radius 2 is 1.40 bits per heavy atom. The Morgan fingerprint density at radius 1 is 0.650 bits per heavy atom. The van der Waals surface area contributed by atoms with Gasteiger partial charge in [0.1, 0.15) is 0 Å². The molecule has 1 radical (unpaired) electrons.